The van der Waals surface area contributed by atoms with Crippen LogP contribution in [-0.4, -0.2) is 43.8 Å². The summed E-state index contributed by atoms with van der Waals surface area (Å²) in [4.78, 5) is 45.5. The van der Waals surface area contributed by atoms with Crippen molar-refractivity contribution in [2.75, 3.05) is 20.3 Å². The molecule has 1 aliphatic heterocycles. The first-order valence-corrected chi connectivity index (χ1v) is 13.2. The molecule has 0 radical (unpaired) electrons. The van der Waals surface area contributed by atoms with Crippen LogP contribution in [0, 0.1) is 11.8 Å². The number of carbonyl (C=O) groups is 3. The van der Waals surface area contributed by atoms with Gasteiger partial charge in [0, 0.05) is 33.3 Å². The van der Waals surface area contributed by atoms with E-state index in [0.717, 1.165) is 5.56 Å². The first kappa shape index (κ1) is 27.9. The second-order valence-electron chi connectivity index (χ2n) is 9.16. The van der Waals surface area contributed by atoms with Crippen molar-refractivity contribution in [2.24, 2.45) is 16.8 Å². The summed E-state index contributed by atoms with van der Waals surface area (Å²) in [6, 6.07) is 12.2. The number of fused-ring (bicyclic) bond motifs is 1. The van der Waals surface area contributed by atoms with Crippen molar-refractivity contribution < 1.29 is 28.6 Å². The summed E-state index contributed by atoms with van der Waals surface area (Å²) >= 11 is 12.8. The van der Waals surface area contributed by atoms with Crippen LogP contribution in [0.5, 0.6) is 5.75 Å². The maximum atomic E-state index is 14.3. The fraction of sp³-hybridized carbons (Fsp3) is 0.379. The lowest BCUT2D eigenvalue weighted by atomic mass is 9.62. The molecular formula is C29H29Cl2NO6. The third kappa shape index (κ3) is 5.22. The van der Waals surface area contributed by atoms with Crippen molar-refractivity contribution >= 4 is 46.6 Å². The fourth-order valence-corrected chi connectivity index (χ4v) is 5.94. The van der Waals surface area contributed by atoms with Crippen LogP contribution in [0.3, 0.4) is 0 Å². The van der Waals surface area contributed by atoms with Crippen molar-refractivity contribution in [1.29, 1.82) is 0 Å². The molecule has 0 saturated heterocycles. The van der Waals surface area contributed by atoms with Crippen LogP contribution in [0.15, 0.2) is 58.7 Å². The van der Waals surface area contributed by atoms with Crippen molar-refractivity contribution in [3.8, 4) is 5.75 Å². The molecule has 4 rings (SSSR count). The SMILES string of the molecule is CCOC(=O)C1=C(C)N=C2C[C@H](c3ccc(OC)cc3)[C@H](C(=O)OCC)C(=O)C2[C@@H]1c1ccc(Cl)cc1Cl. The molecule has 0 spiro atoms. The number of hydrogen-bond acceptors (Lipinski definition) is 7. The van der Waals surface area contributed by atoms with Gasteiger partial charge < -0.3 is 14.2 Å². The van der Waals surface area contributed by atoms with Gasteiger partial charge in [-0.25, -0.2) is 4.79 Å². The molecule has 0 bridgehead atoms. The van der Waals surface area contributed by atoms with Gasteiger partial charge in [-0.15, -0.1) is 0 Å². The van der Waals surface area contributed by atoms with E-state index in [4.69, 9.17) is 42.4 Å². The number of ether oxygens (including phenoxy) is 3. The number of ketones is 1. The molecule has 1 aliphatic carbocycles. The van der Waals surface area contributed by atoms with Crippen molar-refractivity contribution in [2.45, 2.75) is 39.0 Å². The predicted molar refractivity (Wildman–Crippen MR) is 145 cm³/mol. The first-order chi connectivity index (χ1) is 18.2. The average Bonchev–Trinajstić information content (AvgIpc) is 2.88. The standard InChI is InChI=1S/C29H29Cl2NO6/c1-5-37-28(34)23-15(3)32-22-14-20(16-7-10-18(36-4)11-8-16)25(29(35)38-6-2)27(33)26(22)24(23)19-12-9-17(30)13-21(19)31/h7-13,20,24-26H,5-6,14H2,1-4H3/t20-,24-,25+,26?/m1/s1. The summed E-state index contributed by atoms with van der Waals surface area (Å²) in [5.74, 6) is -4.20. The molecule has 1 saturated carbocycles. The average molecular weight is 558 g/mol. The summed E-state index contributed by atoms with van der Waals surface area (Å²) in [6.07, 6.45) is 0.321. The molecule has 9 heteroatoms. The third-order valence-electron chi connectivity index (χ3n) is 7.03. The molecular weight excluding hydrogens is 529 g/mol. The number of hydrogen-bond donors (Lipinski definition) is 0. The number of aliphatic imine (C=N–C) groups is 1. The van der Waals surface area contributed by atoms with E-state index in [1.165, 1.54) is 0 Å². The highest BCUT2D eigenvalue weighted by molar-refractivity contribution is 6.35. The molecule has 4 atom stereocenters. The van der Waals surface area contributed by atoms with E-state index in [2.05, 4.69) is 0 Å². The zero-order chi connectivity index (χ0) is 27.6. The number of esters is 2. The topological polar surface area (TPSA) is 91.3 Å². The molecule has 0 N–H and O–H groups in total. The number of Topliss-reactive ketones (excluding diaryl/α,β-unsaturated/α-hetero) is 1. The molecule has 7 nitrogen and oxygen atoms in total. The number of carbonyl (C=O) groups excluding carboxylic acids is 3. The largest absolute Gasteiger partial charge is 0.497 e. The molecule has 2 aromatic rings. The Hall–Kier alpha value is -3.16. The number of methoxy groups -OCH3 is 1. The fourth-order valence-electron chi connectivity index (χ4n) is 5.41. The van der Waals surface area contributed by atoms with Gasteiger partial charge in [-0.3, -0.25) is 14.6 Å². The summed E-state index contributed by atoms with van der Waals surface area (Å²) in [7, 11) is 1.57. The van der Waals surface area contributed by atoms with Crippen LogP contribution >= 0.6 is 23.2 Å². The summed E-state index contributed by atoms with van der Waals surface area (Å²) in [5, 5.41) is 0.719. The lowest BCUT2D eigenvalue weighted by Crippen LogP contribution is -2.48. The Bertz CT molecular complexity index is 1320. The molecule has 1 unspecified atom stereocenters. The quantitative estimate of drug-likeness (QED) is 0.309. The molecule has 1 heterocycles. The zero-order valence-electron chi connectivity index (χ0n) is 21.6. The van der Waals surface area contributed by atoms with E-state index in [1.807, 2.05) is 12.1 Å². The maximum Gasteiger partial charge on any atom is 0.336 e. The summed E-state index contributed by atoms with van der Waals surface area (Å²) in [5.41, 5.74) is 2.59. The van der Waals surface area contributed by atoms with Gasteiger partial charge in [0.1, 0.15) is 11.7 Å². The monoisotopic (exact) mass is 557 g/mol. The Balaban J connectivity index is 1.90. The van der Waals surface area contributed by atoms with E-state index in [0.29, 0.717) is 39.2 Å². The van der Waals surface area contributed by atoms with Crippen molar-refractivity contribution in [1.82, 2.24) is 0 Å². The first-order valence-electron chi connectivity index (χ1n) is 12.5. The molecule has 1 fully saturated rings. The minimum Gasteiger partial charge on any atom is -0.497 e. The highest BCUT2D eigenvalue weighted by Gasteiger charge is 2.53. The minimum atomic E-state index is -1.09. The molecule has 200 valence electrons. The summed E-state index contributed by atoms with van der Waals surface area (Å²) in [6.45, 7) is 5.40. The van der Waals surface area contributed by atoms with Crippen LogP contribution in [-0.2, 0) is 23.9 Å². The Labute approximate surface area is 231 Å². The van der Waals surface area contributed by atoms with Crippen LogP contribution < -0.4 is 4.74 Å². The third-order valence-corrected chi connectivity index (χ3v) is 7.59. The van der Waals surface area contributed by atoms with Crippen molar-refractivity contribution in [3.05, 3.63) is 74.9 Å². The smallest absolute Gasteiger partial charge is 0.336 e. The lowest BCUT2D eigenvalue weighted by molar-refractivity contribution is -0.153. The molecule has 0 aromatic heterocycles. The summed E-state index contributed by atoms with van der Waals surface area (Å²) < 4.78 is 16.0. The van der Waals surface area contributed by atoms with E-state index < -0.39 is 35.6 Å². The van der Waals surface area contributed by atoms with E-state index in [9.17, 15) is 14.4 Å². The van der Waals surface area contributed by atoms with Gasteiger partial charge >= 0.3 is 11.9 Å². The predicted octanol–water partition coefficient (Wildman–Crippen LogP) is 5.93. The highest BCUT2D eigenvalue weighted by atomic mass is 35.5. The van der Waals surface area contributed by atoms with Crippen LogP contribution in [0.1, 0.15) is 50.2 Å². The Morgan fingerprint density at radius 3 is 2.29 bits per heavy atom. The van der Waals surface area contributed by atoms with Crippen molar-refractivity contribution in [3.63, 3.8) is 0 Å². The van der Waals surface area contributed by atoms with E-state index >= 15 is 0 Å². The molecule has 0 amide bonds. The van der Waals surface area contributed by atoms with Gasteiger partial charge in [0.05, 0.1) is 31.8 Å². The maximum absolute atomic E-state index is 14.3. The number of benzene rings is 2. The zero-order valence-corrected chi connectivity index (χ0v) is 23.1. The second kappa shape index (κ2) is 11.7. The van der Waals surface area contributed by atoms with Gasteiger partial charge in [-0.1, -0.05) is 41.4 Å². The van der Waals surface area contributed by atoms with Gasteiger partial charge in [-0.2, -0.15) is 0 Å². The molecule has 2 aliphatic rings. The van der Waals surface area contributed by atoms with Gasteiger partial charge in [0.2, 0.25) is 0 Å². The Morgan fingerprint density at radius 1 is 1.00 bits per heavy atom. The van der Waals surface area contributed by atoms with Crippen LogP contribution in [0.25, 0.3) is 0 Å². The number of rotatable bonds is 7. The molecule has 2 aromatic carbocycles. The van der Waals surface area contributed by atoms with Crippen LogP contribution in [0.2, 0.25) is 10.0 Å². The number of allylic oxidation sites excluding steroid dienone is 1. The van der Waals surface area contributed by atoms with Gasteiger partial charge in [0.15, 0.2) is 5.78 Å². The Morgan fingerprint density at radius 2 is 1.68 bits per heavy atom. The minimum absolute atomic E-state index is 0.128. The molecule has 38 heavy (non-hydrogen) atoms. The second-order valence-corrected chi connectivity index (χ2v) is 10.0. The van der Waals surface area contributed by atoms with Crippen LogP contribution in [0.4, 0.5) is 0 Å². The van der Waals surface area contributed by atoms with Gasteiger partial charge in [0.25, 0.3) is 0 Å². The van der Waals surface area contributed by atoms with Gasteiger partial charge in [-0.05, 0) is 62.6 Å². The Kier molecular flexibility index (Phi) is 8.58. The number of halogens is 2. The highest BCUT2D eigenvalue weighted by Crippen LogP contribution is 2.49. The van der Waals surface area contributed by atoms with E-state index in [-0.39, 0.29) is 24.6 Å². The lowest BCUT2D eigenvalue weighted by Gasteiger charge is -2.41. The normalized spacial score (nSPS) is 22.9. The van der Waals surface area contributed by atoms with E-state index in [1.54, 1.807) is 58.2 Å². The number of nitrogens with zero attached hydrogens (tertiary/aromatic N) is 1.